The summed E-state index contributed by atoms with van der Waals surface area (Å²) >= 11 is 7.27. The van der Waals surface area contributed by atoms with Crippen molar-refractivity contribution in [2.45, 2.75) is 6.92 Å². The number of fused-ring (bicyclic) bond motifs is 1. The predicted molar refractivity (Wildman–Crippen MR) is 56.9 cm³/mol. The summed E-state index contributed by atoms with van der Waals surface area (Å²) < 4.78 is 13.8. The molecule has 0 atom stereocenters. The summed E-state index contributed by atoms with van der Waals surface area (Å²) in [5, 5.41) is 0.966. The Morgan fingerprint density at radius 1 is 1.50 bits per heavy atom. The Morgan fingerprint density at radius 2 is 2.21 bits per heavy atom. The van der Waals surface area contributed by atoms with Crippen LogP contribution in [0, 0.1) is 12.7 Å². The van der Waals surface area contributed by atoms with Crippen molar-refractivity contribution in [3.8, 4) is 0 Å². The summed E-state index contributed by atoms with van der Waals surface area (Å²) in [6.07, 6.45) is 0.740. The molecule has 0 unspecified atom stereocenters. The van der Waals surface area contributed by atoms with E-state index < -0.39 is 5.82 Å². The number of halogens is 2. The smallest absolute Gasteiger partial charge is 0.151 e. The highest BCUT2D eigenvalue weighted by molar-refractivity contribution is 7.20. The van der Waals surface area contributed by atoms with Crippen LogP contribution in [-0.2, 0) is 0 Å². The van der Waals surface area contributed by atoms with E-state index >= 15 is 0 Å². The lowest BCUT2D eigenvalue weighted by Gasteiger charge is -1.94. The van der Waals surface area contributed by atoms with Crippen LogP contribution in [0.4, 0.5) is 4.39 Å². The number of carbonyl (C=O) groups is 1. The zero-order valence-corrected chi connectivity index (χ0v) is 8.88. The van der Waals surface area contributed by atoms with Gasteiger partial charge in [-0.3, -0.25) is 4.79 Å². The van der Waals surface area contributed by atoms with Crippen LogP contribution >= 0.6 is 22.9 Å². The van der Waals surface area contributed by atoms with Gasteiger partial charge < -0.3 is 0 Å². The molecule has 0 aliphatic carbocycles. The minimum absolute atomic E-state index is 0.362. The molecule has 1 nitrogen and oxygen atoms in total. The lowest BCUT2D eigenvalue weighted by atomic mass is 10.1. The number of carbonyl (C=O) groups excluding carboxylic acids is 1. The number of hydrogen-bond acceptors (Lipinski definition) is 2. The molecule has 2 rings (SSSR count). The first-order chi connectivity index (χ1) is 6.63. The van der Waals surface area contributed by atoms with Crippen LogP contribution in [0.3, 0.4) is 0 Å². The number of benzene rings is 1. The molecule has 4 heteroatoms. The molecule has 0 N–H and O–H groups in total. The molecule has 0 spiro atoms. The maximum atomic E-state index is 13.0. The summed E-state index contributed by atoms with van der Waals surface area (Å²) in [5.41, 5.74) is 0.534. The van der Waals surface area contributed by atoms with Crippen LogP contribution < -0.4 is 0 Å². The van der Waals surface area contributed by atoms with Gasteiger partial charge in [-0.15, -0.1) is 11.3 Å². The zero-order valence-electron chi connectivity index (χ0n) is 7.30. The number of thiophene rings is 1. The third-order valence-electron chi connectivity index (χ3n) is 2.05. The van der Waals surface area contributed by atoms with Crippen molar-refractivity contribution in [3.63, 3.8) is 0 Å². The van der Waals surface area contributed by atoms with Crippen molar-refractivity contribution in [2.75, 3.05) is 0 Å². The highest BCUT2D eigenvalue weighted by atomic mass is 35.5. The van der Waals surface area contributed by atoms with Gasteiger partial charge in [0.1, 0.15) is 5.82 Å². The van der Waals surface area contributed by atoms with Gasteiger partial charge in [-0.2, -0.15) is 0 Å². The van der Waals surface area contributed by atoms with Crippen LogP contribution in [0.1, 0.15) is 15.2 Å². The fourth-order valence-electron chi connectivity index (χ4n) is 1.41. The first kappa shape index (κ1) is 9.62. The molecule has 2 aromatic rings. The molecular formula is C10H6ClFOS. The average Bonchev–Trinajstić information content (AvgIpc) is 2.41. The van der Waals surface area contributed by atoms with E-state index in [0.29, 0.717) is 16.0 Å². The molecule has 0 aliphatic rings. The van der Waals surface area contributed by atoms with Crippen molar-refractivity contribution in [3.05, 3.63) is 33.4 Å². The molecule has 0 amide bonds. The Kier molecular flexibility index (Phi) is 2.29. The third kappa shape index (κ3) is 1.33. The Hall–Kier alpha value is -0.930. The average molecular weight is 229 g/mol. The lowest BCUT2D eigenvalue weighted by Crippen LogP contribution is -1.80. The topological polar surface area (TPSA) is 17.1 Å². The minimum Gasteiger partial charge on any atom is -0.298 e. The van der Waals surface area contributed by atoms with Gasteiger partial charge in [0.15, 0.2) is 6.29 Å². The second-order valence-corrected chi connectivity index (χ2v) is 4.59. The summed E-state index contributed by atoms with van der Waals surface area (Å²) in [6, 6.07) is 2.60. The van der Waals surface area contributed by atoms with Gasteiger partial charge in [-0.1, -0.05) is 11.6 Å². The van der Waals surface area contributed by atoms with Gasteiger partial charge in [-0.25, -0.2) is 4.39 Å². The molecule has 0 bridgehead atoms. The summed E-state index contributed by atoms with van der Waals surface area (Å²) in [7, 11) is 0. The van der Waals surface area contributed by atoms with E-state index in [2.05, 4.69) is 0 Å². The fraction of sp³-hybridized carbons (Fsp3) is 0.100. The van der Waals surface area contributed by atoms with Crippen LogP contribution in [-0.4, -0.2) is 6.29 Å². The monoisotopic (exact) mass is 228 g/mol. The van der Waals surface area contributed by atoms with E-state index in [4.69, 9.17) is 11.6 Å². The van der Waals surface area contributed by atoms with Crippen molar-refractivity contribution >= 4 is 39.3 Å². The van der Waals surface area contributed by atoms with Crippen LogP contribution in [0.15, 0.2) is 12.1 Å². The highest BCUT2D eigenvalue weighted by Crippen LogP contribution is 2.35. The molecule has 1 heterocycles. The molecular weight excluding hydrogens is 223 g/mol. The fourth-order valence-corrected chi connectivity index (χ4v) is 2.74. The van der Waals surface area contributed by atoms with E-state index in [1.54, 1.807) is 0 Å². The number of rotatable bonds is 1. The zero-order chi connectivity index (χ0) is 10.3. The summed E-state index contributed by atoms with van der Waals surface area (Å²) in [4.78, 5) is 11.6. The highest BCUT2D eigenvalue weighted by Gasteiger charge is 2.12. The SMILES string of the molecule is Cc1sc2c(Cl)cc(F)cc2c1C=O. The second kappa shape index (κ2) is 3.33. The maximum absolute atomic E-state index is 13.0. The largest absolute Gasteiger partial charge is 0.298 e. The van der Waals surface area contributed by atoms with Crippen LogP contribution in [0.5, 0.6) is 0 Å². The first-order valence-corrected chi connectivity index (χ1v) is 5.16. The third-order valence-corrected chi connectivity index (χ3v) is 3.63. The Bertz CT molecular complexity index is 518. The molecule has 0 fully saturated rings. The van der Waals surface area contributed by atoms with E-state index in [0.717, 1.165) is 15.9 Å². The Morgan fingerprint density at radius 3 is 2.86 bits per heavy atom. The van der Waals surface area contributed by atoms with Gasteiger partial charge in [0.05, 0.1) is 9.72 Å². The van der Waals surface area contributed by atoms with Crippen molar-refractivity contribution < 1.29 is 9.18 Å². The van der Waals surface area contributed by atoms with Gasteiger partial charge in [0.2, 0.25) is 0 Å². The molecule has 1 aromatic carbocycles. The van der Waals surface area contributed by atoms with Gasteiger partial charge in [0.25, 0.3) is 0 Å². The van der Waals surface area contributed by atoms with Crippen molar-refractivity contribution in [1.82, 2.24) is 0 Å². The molecule has 0 radical (unpaired) electrons. The van der Waals surface area contributed by atoms with Crippen molar-refractivity contribution in [1.29, 1.82) is 0 Å². The van der Waals surface area contributed by atoms with E-state index in [-0.39, 0.29) is 0 Å². The Labute approximate surface area is 89.1 Å². The van der Waals surface area contributed by atoms with E-state index in [1.807, 2.05) is 6.92 Å². The number of aryl methyl sites for hydroxylation is 1. The Balaban J connectivity index is 2.94. The molecule has 0 aliphatic heterocycles. The molecule has 1 aromatic heterocycles. The molecule has 72 valence electrons. The summed E-state index contributed by atoms with van der Waals surface area (Å²) in [6.45, 7) is 1.82. The standard InChI is InChI=1S/C10H6ClFOS/c1-5-8(4-13)7-2-6(12)3-9(11)10(7)14-5/h2-4H,1H3. The van der Waals surface area contributed by atoms with Crippen LogP contribution in [0.25, 0.3) is 10.1 Å². The van der Waals surface area contributed by atoms with Crippen molar-refractivity contribution in [2.24, 2.45) is 0 Å². The quantitative estimate of drug-likeness (QED) is 0.679. The van der Waals surface area contributed by atoms with Gasteiger partial charge >= 0.3 is 0 Å². The van der Waals surface area contributed by atoms with Gasteiger partial charge in [-0.05, 0) is 19.1 Å². The van der Waals surface area contributed by atoms with Gasteiger partial charge in [0, 0.05) is 15.8 Å². The first-order valence-electron chi connectivity index (χ1n) is 3.97. The normalized spacial score (nSPS) is 10.8. The lowest BCUT2D eigenvalue weighted by molar-refractivity contribution is 0.112. The molecule has 0 saturated heterocycles. The van der Waals surface area contributed by atoms with Crippen LogP contribution in [0.2, 0.25) is 5.02 Å². The molecule has 14 heavy (non-hydrogen) atoms. The second-order valence-electron chi connectivity index (χ2n) is 2.95. The molecule has 0 saturated carbocycles. The van der Waals surface area contributed by atoms with E-state index in [9.17, 15) is 9.18 Å². The maximum Gasteiger partial charge on any atom is 0.151 e. The summed E-state index contributed by atoms with van der Waals surface area (Å²) in [5.74, 6) is -0.414. The minimum atomic E-state index is -0.414. The number of hydrogen-bond donors (Lipinski definition) is 0. The predicted octanol–water partition coefficient (Wildman–Crippen LogP) is 3.81. The van der Waals surface area contributed by atoms with E-state index in [1.165, 1.54) is 23.5 Å². The number of aldehydes is 1.